The van der Waals surface area contributed by atoms with E-state index in [-0.39, 0.29) is 22.5 Å². The van der Waals surface area contributed by atoms with Crippen molar-refractivity contribution in [2.75, 3.05) is 11.4 Å². The van der Waals surface area contributed by atoms with Crippen molar-refractivity contribution in [1.29, 1.82) is 0 Å². The highest BCUT2D eigenvalue weighted by Crippen LogP contribution is 2.33. The molecule has 90 valence electrons. The minimum Gasteiger partial charge on any atom is -0.310 e. The van der Waals surface area contributed by atoms with E-state index in [1.807, 2.05) is 0 Å². The molecule has 0 bridgehead atoms. The second-order valence-electron chi connectivity index (χ2n) is 3.92. The summed E-state index contributed by atoms with van der Waals surface area (Å²) in [5.74, 6) is -2.18. The fraction of sp³-hybridized carbons (Fsp3) is 0.250. The lowest BCUT2D eigenvalue weighted by Crippen LogP contribution is -2.24. The molecule has 1 fully saturated rings. The third-order valence-corrected chi connectivity index (χ3v) is 3.07. The van der Waals surface area contributed by atoms with Gasteiger partial charge in [-0.3, -0.25) is 4.79 Å². The highest BCUT2D eigenvalue weighted by atomic mass is 35.5. The number of halogens is 3. The van der Waals surface area contributed by atoms with Crippen LogP contribution >= 0.6 is 11.6 Å². The average Bonchev–Trinajstić information content (AvgIpc) is 2.65. The Kier molecular flexibility index (Phi) is 3.15. The molecule has 1 heterocycles. The molecule has 17 heavy (non-hydrogen) atoms. The molecular formula is C12H10ClF2NO. The maximum absolute atomic E-state index is 13.1. The summed E-state index contributed by atoms with van der Waals surface area (Å²) in [4.78, 5) is 13.1. The van der Waals surface area contributed by atoms with Crippen molar-refractivity contribution in [1.82, 2.24) is 0 Å². The van der Waals surface area contributed by atoms with Crippen molar-refractivity contribution in [3.8, 4) is 0 Å². The highest BCUT2D eigenvalue weighted by molar-refractivity contribution is 6.33. The van der Waals surface area contributed by atoms with Gasteiger partial charge >= 0.3 is 0 Å². The van der Waals surface area contributed by atoms with Crippen LogP contribution in [0.4, 0.5) is 14.5 Å². The van der Waals surface area contributed by atoms with Gasteiger partial charge in [-0.1, -0.05) is 17.7 Å². The number of benzene rings is 1. The van der Waals surface area contributed by atoms with E-state index in [9.17, 15) is 13.6 Å². The number of carbonyl (C=O) groups is 1. The van der Waals surface area contributed by atoms with Crippen LogP contribution in [-0.2, 0) is 4.79 Å². The Labute approximate surface area is 102 Å². The van der Waals surface area contributed by atoms with Crippen molar-refractivity contribution in [2.24, 2.45) is 5.92 Å². The van der Waals surface area contributed by atoms with Gasteiger partial charge in [0.1, 0.15) is 0 Å². The second-order valence-corrected chi connectivity index (χ2v) is 4.33. The van der Waals surface area contributed by atoms with E-state index < -0.39 is 11.6 Å². The fourth-order valence-electron chi connectivity index (χ4n) is 1.84. The molecule has 1 aromatic rings. The van der Waals surface area contributed by atoms with Crippen molar-refractivity contribution in [2.45, 2.75) is 6.42 Å². The Morgan fingerprint density at radius 2 is 2.06 bits per heavy atom. The van der Waals surface area contributed by atoms with Gasteiger partial charge in [0.15, 0.2) is 11.6 Å². The molecule has 1 atom stereocenters. The number of carbonyl (C=O) groups excluding carboxylic acids is 1. The number of hydrogen-bond donors (Lipinski definition) is 0. The molecule has 0 spiro atoms. The van der Waals surface area contributed by atoms with E-state index in [0.717, 1.165) is 12.1 Å². The third kappa shape index (κ3) is 2.17. The van der Waals surface area contributed by atoms with Crippen molar-refractivity contribution < 1.29 is 13.6 Å². The zero-order valence-corrected chi connectivity index (χ0v) is 9.68. The molecule has 0 aliphatic carbocycles. The Bertz CT molecular complexity index is 490. The normalized spacial score (nSPS) is 19.8. The first-order chi connectivity index (χ1) is 8.02. The van der Waals surface area contributed by atoms with Crippen LogP contribution in [0.25, 0.3) is 0 Å². The lowest BCUT2D eigenvalue weighted by atomic mass is 10.1. The van der Waals surface area contributed by atoms with E-state index in [0.29, 0.717) is 13.0 Å². The molecule has 0 radical (unpaired) electrons. The lowest BCUT2D eigenvalue weighted by Gasteiger charge is -2.17. The molecule has 1 aliphatic heterocycles. The molecular weight excluding hydrogens is 248 g/mol. The summed E-state index contributed by atoms with van der Waals surface area (Å²) in [5.41, 5.74) is 0.208. The SMILES string of the molecule is C=CC1CC(=O)N(c2cc(F)c(F)cc2Cl)C1. The molecule has 1 aliphatic rings. The summed E-state index contributed by atoms with van der Waals surface area (Å²) >= 11 is 5.81. The summed E-state index contributed by atoms with van der Waals surface area (Å²) in [7, 11) is 0. The van der Waals surface area contributed by atoms with Gasteiger partial charge in [-0.25, -0.2) is 8.78 Å². The fourth-order valence-corrected chi connectivity index (χ4v) is 2.10. The minimum absolute atomic E-state index is 0.0201. The van der Waals surface area contributed by atoms with Crippen LogP contribution in [0, 0.1) is 17.6 Å². The molecule has 0 saturated carbocycles. The van der Waals surface area contributed by atoms with Crippen molar-refractivity contribution in [3.63, 3.8) is 0 Å². The summed E-state index contributed by atoms with van der Waals surface area (Å²) < 4.78 is 26.0. The van der Waals surface area contributed by atoms with Gasteiger partial charge < -0.3 is 4.90 Å². The maximum Gasteiger partial charge on any atom is 0.227 e. The van der Waals surface area contributed by atoms with Gasteiger partial charge in [-0.2, -0.15) is 0 Å². The predicted molar refractivity (Wildman–Crippen MR) is 62.0 cm³/mol. The molecule has 0 N–H and O–H groups in total. The Hall–Kier alpha value is -1.42. The van der Waals surface area contributed by atoms with Crippen LogP contribution in [0.3, 0.4) is 0 Å². The topological polar surface area (TPSA) is 20.3 Å². The first kappa shape index (κ1) is 12.0. The summed E-state index contributed by atoms with van der Waals surface area (Å²) in [5, 5.41) is 0.0296. The van der Waals surface area contributed by atoms with Crippen molar-refractivity contribution >= 4 is 23.2 Å². The summed E-state index contributed by atoms with van der Waals surface area (Å²) in [6, 6.07) is 1.82. The molecule has 1 saturated heterocycles. The average molecular weight is 258 g/mol. The van der Waals surface area contributed by atoms with Gasteiger partial charge in [0.05, 0.1) is 10.7 Å². The van der Waals surface area contributed by atoms with Gasteiger partial charge in [0, 0.05) is 24.9 Å². The van der Waals surface area contributed by atoms with Gasteiger partial charge in [-0.15, -0.1) is 6.58 Å². The Balaban J connectivity index is 2.38. The number of amides is 1. The smallest absolute Gasteiger partial charge is 0.227 e. The van der Waals surface area contributed by atoms with Gasteiger partial charge in [0.2, 0.25) is 5.91 Å². The number of nitrogens with zero attached hydrogens (tertiary/aromatic N) is 1. The van der Waals surface area contributed by atoms with E-state index in [1.54, 1.807) is 6.08 Å². The van der Waals surface area contributed by atoms with Crippen LogP contribution in [0.1, 0.15) is 6.42 Å². The van der Waals surface area contributed by atoms with E-state index in [4.69, 9.17) is 11.6 Å². The quantitative estimate of drug-likeness (QED) is 0.589. The van der Waals surface area contributed by atoms with Crippen LogP contribution in [0.15, 0.2) is 24.8 Å². The third-order valence-electron chi connectivity index (χ3n) is 2.77. The lowest BCUT2D eigenvalue weighted by molar-refractivity contribution is -0.117. The molecule has 2 nitrogen and oxygen atoms in total. The molecule has 2 rings (SSSR count). The van der Waals surface area contributed by atoms with Crippen LogP contribution in [-0.4, -0.2) is 12.5 Å². The number of anilines is 1. The molecule has 5 heteroatoms. The Morgan fingerprint density at radius 3 is 2.65 bits per heavy atom. The second kappa shape index (κ2) is 4.45. The Morgan fingerprint density at radius 1 is 1.41 bits per heavy atom. The van der Waals surface area contributed by atoms with Crippen LogP contribution < -0.4 is 4.90 Å². The predicted octanol–water partition coefficient (Wildman–Crippen LogP) is 3.16. The first-order valence-electron chi connectivity index (χ1n) is 5.10. The molecule has 1 amide bonds. The van der Waals surface area contributed by atoms with Crippen LogP contribution in [0.5, 0.6) is 0 Å². The summed E-state index contributed by atoms with van der Waals surface area (Å²) in [6.07, 6.45) is 1.99. The van der Waals surface area contributed by atoms with E-state index in [2.05, 4.69) is 6.58 Å². The van der Waals surface area contributed by atoms with Crippen molar-refractivity contribution in [3.05, 3.63) is 41.4 Å². The largest absolute Gasteiger partial charge is 0.310 e. The van der Waals surface area contributed by atoms with Crippen LogP contribution in [0.2, 0.25) is 5.02 Å². The first-order valence-corrected chi connectivity index (χ1v) is 5.48. The minimum atomic E-state index is -1.02. The number of rotatable bonds is 2. The molecule has 1 unspecified atom stereocenters. The maximum atomic E-state index is 13.1. The van der Waals surface area contributed by atoms with Gasteiger partial charge in [-0.05, 0) is 6.07 Å². The molecule has 0 aromatic heterocycles. The zero-order chi connectivity index (χ0) is 12.6. The van der Waals surface area contributed by atoms with E-state index in [1.165, 1.54) is 4.90 Å². The highest BCUT2D eigenvalue weighted by Gasteiger charge is 2.30. The monoisotopic (exact) mass is 257 g/mol. The standard InChI is InChI=1S/C12H10ClF2NO/c1-2-7-3-12(17)16(6-7)11-5-10(15)9(14)4-8(11)13/h2,4-5,7H,1,3,6H2. The van der Waals surface area contributed by atoms with E-state index >= 15 is 0 Å². The molecule has 1 aromatic carbocycles. The zero-order valence-electron chi connectivity index (χ0n) is 8.92. The summed E-state index contributed by atoms with van der Waals surface area (Å²) in [6.45, 7) is 4.01. The van der Waals surface area contributed by atoms with Gasteiger partial charge in [0.25, 0.3) is 0 Å². The number of hydrogen-bond acceptors (Lipinski definition) is 1.